The van der Waals surface area contributed by atoms with Crippen molar-refractivity contribution in [2.45, 2.75) is 27.2 Å². The molecule has 0 aliphatic carbocycles. The number of amides is 2. The number of carbonyl (C=O) groups is 2. The summed E-state index contributed by atoms with van der Waals surface area (Å²) in [5.74, 6) is -0.149. The van der Waals surface area contributed by atoms with Gasteiger partial charge in [-0.1, -0.05) is 23.5 Å². The molecule has 0 aliphatic rings. The SMILES string of the molecule is CCN(C(=O)CCNC(C)=O)c1nc2c(C)cccc2s1. The fraction of sp³-hybridized carbons (Fsp3) is 0.400. The summed E-state index contributed by atoms with van der Waals surface area (Å²) >= 11 is 1.52. The van der Waals surface area contributed by atoms with Crippen molar-refractivity contribution >= 4 is 38.5 Å². The summed E-state index contributed by atoms with van der Waals surface area (Å²) in [7, 11) is 0. The van der Waals surface area contributed by atoms with Crippen molar-refractivity contribution in [3.63, 3.8) is 0 Å². The highest BCUT2D eigenvalue weighted by Gasteiger charge is 2.18. The molecule has 5 nitrogen and oxygen atoms in total. The Morgan fingerprint density at radius 3 is 2.76 bits per heavy atom. The Labute approximate surface area is 128 Å². The molecule has 0 bridgehead atoms. The molecular formula is C15H19N3O2S. The number of carbonyl (C=O) groups excluding carboxylic acids is 2. The van der Waals surface area contributed by atoms with Gasteiger partial charge in [0.1, 0.15) is 0 Å². The predicted molar refractivity (Wildman–Crippen MR) is 85.7 cm³/mol. The van der Waals surface area contributed by atoms with Crippen LogP contribution in [0.25, 0.3) is 10.2 Å². The maximum absolute atomic E-state index is 12.3. The van der Waals surface area contributed by atoms with Crippen LogP contribution in [0.1, 0.15) is 25.8 Å². The van der Waals surface area contributed by atoms with Crippen molar-refractivity contribution in [3.8, 4) is 0 Å². The van der Waals surface area contributed by atoms with Gasteiger partial charge in [0.25, 0.3) is 0 Å². The van der Waals surface area contributed by atoms with Gasteiger partial charge in [-0.15, -0.1) is 0 Å². The van der Waals surface area contributed by atoms with Crippen molar-refractivity contribution < 1.29 is 9.59 Å². The molecule has 0 radical (unpaired) electrons. The van der Waals surface area contributed by atoms with E-state index in [4.69, 9.17) is 0 Å². The Morgan fingerprint density at radius 1 is 1.38 bits per heavy atom. The van der Waals surface area contributed by atoms with E-state index in [0.29, 0.717) is 13.1 Å². The number of nitrogens with one attached hydrogen (secondary N) is 1. The van der Waals surface area contributed by atoms with E-state index in [-0.39, 0.29) is 18.2 Å². The molecule has 0 aliphatic heterocycles. The third-order valence-electron chi connectivity index (χ3n) is 3.17. The monoisotopic (exact) mass is 305 g/mol. The summed E-state index contributed by atoms with van der Waals surface area (Å²) in [5.41, 5.74) is 2.06. The second-order valence-corrected chi connectivity index (χ2v) is 5.80. The standard InChI is InChI=1S/C15H19N3O2S/c1-4-18(13(20)8-9-16-11(3)19)15-17-14-10(2)6-5-7-12(14)21-15/h5-7H,4,8-9H2,1-3H3,(H,16,19). The Kier molecular flexibility index (Phi) is 4.90. The number of aryl methyl sites for hydroxylation is 1. The lowest BCUT2D eigenvalue weighted by atomic mass is 10.2. The quantitative estimate of drug-likeness (QED) is 0.923. The molecule has 2 aromatic rings. The number of hydrogen-bond donors (Lipinski definition) is 1. The Balaban J connectivity index is 2.17. The van der Waals surface area contributed by atoms with Crippen LogP contribution < -0.4 is 10.2 Å². The molecule has 0 fully saturated rings. The molecule has 1 aromatic heterocycles. The van der Waals surface area contributed by atoms with E-state index in [0.717, 1.165) is 20.9 Å². The van der Waals surface area contributed by atoms with E-state index < -0.39 is 0 Å². The Bertz CT molecular complexity index is 666. The van der Waals surface area contributed by atoms with Crippen LogP contribution in [-0.4, -0.2) is 29.9 Å². The van der Waals surface area contributed by atoms with Crippen molar-refractivity contribution in [3.05, 3.63) is 23.8 Å². The minimum atomic E-state index is -0.124. The van der Waals surface area contributed by atoms with E-state index >= 15 is 0 Å². The first-order chi connectivity index (χ1) is 10.0. The van der Waals surface area contributed by atoms with Crippen molar-refractivity contribution in [1.29, 1.82) is 0 Å². The minimum Gasteiger partial charge on any atom is -0.356 e. The van der Waals surface area contributed by atoms with E-state index in [1.807, 2.05) is 32.0 Å². The summed E-state index contributed by atoms with van der Waals surface area (Å²) in [6.45, 7) is 6.31. The van der Waals surface area contributed by atoms with Crippen LogP contribution in [0.4, 0.5) is 5.13 Å². The van der Waals surface area contributed by atoms with Gasteiger partial charge < -0.3 is 5.32 Å². The summed E-state index contributed by atoms with van der Waals surface area (Å²) < 4.78 is 1.08. The number of rotatable bonds is 5. The molecule has 6 heteroatoms. The number of thiazole rings is 1. The van der Waals surface area contributed by atoms with Gasteiger partial charge in [0.15, 0.2) is 5.13 Å². The van der Waals surface area contributed by atoms with E-state index in [2.05, 4.69) is 10.3 Å². The molecule has 112 valence electrons. The van der Waals surface area contributed by atoms with Crippen LogP contribution >= 0.6 is 11.3 Å². The van der Waals surface area contributed by atoms with Crippen LogP contribution in [0.15, 0.2) is 18.2 Å². The third-order valence-corrected chi connectivity index (χ3v) is 4.21. The molecule has 0 saturated carbocycles. The topological polar surface area (TPSA) is 62.3 Å². The average molecular weight is 305 g/mol. The Hall–Kier alpha value is -1.95. The maximum atomic E-state index is 12.3. The van der Waals surface area contributed by atoms with Crippen molar-refractivity contribution in [2.75, 3.05) is 18.0 Å². The first kappa shape index (κ1) is 15.4. The van der Waals surface area contributed by atoms with Crippen LogP contribution in [0, 0.1) is 6.92 Å². The minimum absolute atomic E-state index is 0.0250. The lowest BCUT2D eigenvalue weighted by Crippen LogP contribution is -2.33. The number of para-hydroxylation sites is 1. The van der Waals surface area contributed by atoms with E-state index in [9.17, 15) is 9.59 Å². The first-order valence-corrected chi connectivity index (χ1v) is 7.75. The average Bonchev–Trinajstić information content (AvgIpc) is 2.84. The molecule has 1 aromatic carbocycles. The molecule has 2 amide bonds. The van der Waals surface area contributed by atoms with Gasteiger partial charge in [-0.05, 0) is 25.5 Å². The fourth-order valence-corrected chi connectivity index (χ4v) is 3.21. The number of aromatic nitrogens is 1. The van der Waals surface area contributed by atoms with Gasteiger partial charge in [-0.2, -0.15) is 0 Å². The van der Waals surface area contributed by atoms with Crippen molar-refractivity contribution in [2.24, 2.45) is 0 Å². The van der Waals surface area contributed by atoms with E-state index in [1.54, 1.807) is 4.90 Å². The van der Waals surface area contributed by atoms with Gasteiger partial charge >= 0.3 is 0 Å². The van der Waals surface area contributed by atoms with Crippen LogP contribution in [0.3, 0.4) is 0 Å². The molecule has 1 N–H and O–H groups in total. The normalized spacial score (nSPS) is 10.6. The first-order valence-electron chi connectivity index (χ1n) is 6.94. The number of anilines is 1. The number of fused-ring (bicyclic) bond motifs is 1. The summed E-state index contributed by atoms with van der Waals surface area (Å²) in [6, 6.07) is 6.02. The molecule has 0 unspecified atom stereocenters. The van der Waals surface area contributed by atoms with Crippen molar-refractivity contribution in [1.82, 2.24) is 10.3 Å². The molecule has 1 heterocycles. The lowest BCUT2D eigenvalue weighted by Gasteiger charge is -2.17. The molecule has 2 rings (SSSR count). The van der Waals surface area contributed by atoms with Crippen LogP contribution in [0.2, 0.25) is 0 Å². The lowest BCUT2D eigenvalue weighted by molar-refractivity contribution is -0.120. The largest absolute Gasteiger partial charge is 0.356 e. The highest BCUT2D eigenvalue weighted by atomic mass is 32.1. The highest BCUT2D eigenvalue weighted by Crippen LogP contribution is 2.30. The predicted octanol–water partition coefficient (Wildman–Crippen LogP) is 2.48. The molecule has 0 spiro atoms. The van der Waals surface area contributed by atoms with E-state index in [1.165, 1.54) is 18.3 Å². The third kappa shape index (κ3) is 3.58. The summed E-state index contributed by atoms with van der Waals surface area (Å²) in [4.78, 5) is 29.4. The number of hydrogen-bond acceptors (Lipinski definition) is 4. The number of benzene rings is 1. The summed E-state index contributed by atoms with van der Waals surface area (Å²) in [5, 5.41) is 3.36. The molecule has 0 saturated heterocycles. The van der Waals surface area contributed by atoms with Gasteiger partial charge in [0.05, 0.1) is 10.2 Å². The van der Waals surface area contributed by atoms with Gasteiger partial charge in [0, 0.05) is 26.4 Å². The molecule has 21 heavy (non-hydrogen) atoms. The highest BCUT2D eigenvalue weighted by molar-refractivity contribution is 7.22. The van der Waals surface area contributed by atoms with Gasteiger partial charge in [-0.3, -0.25) is 14.5 Å². The Morgan fingerprint density at radius 2 is 2.14 bits per heavy atom. The van der Waals surface area contributed by atoms with Crippen LogP contribution in [0.5, 0.6) is 0 Å². The van der Waals surface area contributed by atoms with Gasteiger partial charge in [-0.25, -0.2) is 4.98 Å². The van der Waals surface area contributed by atoms with Gasteiger partial charge in [0.2, 0.25) is 11.8 Å². The second kappa shape index (κ2) is 6.67. The zero-order valence-corrected chi connectivity index (χ0v) is 13.3. The van der Waals surface area contributed by atoms with Crippen LogP contribution in [-0.2, 0) is 9.59 Å². The maximum Gasteiger partial charge on any atom is 0.230 e. The second-order valence-electron chi connectivity index (χ2n) is 4.79. The zero-order chi connectivity index (χ0) is 15.4. The number of nitrogens with zero attached hydrogens (tertiary/aromatic N) is 2. The zero-order valence-electron chi connectivity index (χ0n) is 12.5. The molecule has 0 atom stereocenters. The summed E-state index contributed by atoms with van der Waals surface area (Å²) in [6.07, 6.45) is 0.280. The fourth-order valence-electron chi connectivity index (χ4n) is 2.09. The molecular weight excluding hydrogens is 286 g/mol. The smallest absolute Gasteiger partial charge is 0.230 e.